The average Bonchev–Trinajstić information content (AvgIpc) is 2.87. The number of nitrogens with one attached hydrogen (secondary N) is 1. The van der Waals surface area contributed by atoms with E-state index in [2.05, 4.69) is 21.2 Å². The molecule has 8 nitrogen and oxygen atoms in total. The van der Waals surface area contributed by atoms with Crippen LogP contribution in [0, 0.1) is 6.92 Å². The lowest BCUT2D eigenvalue weighted by Crippen LogP contribution is -2.54. The summed E-state index contributed by atoms with van der Waals surface area (Å²) < 4.78 is 18.0. The fourth-order valence-electron chi connectivity index (χ4n) is 3.73. The molecular formula is C28H24BrClN2O6. The lowest BCUT2D eigenvalue weighted by Gasteiger charge is -2.26. The maximum Gasteiger partial charge on any atom is 0.335 e. The van der Waals surface area contributed by atoms with Gasteiger partial charge in [0.1, 0.15) is 24.5 Å². The summed E-state index contributed by atoms with van der Waals surface area (Å²) in [6.07, 6.45) is 1.39. The van der Waals surface area contributed by atoms with Gasteiger partial charge in [0.05, 0.1) is 16.8 Å². The Morgan fingerprint density at radius 1 is 0.974 bits per heavy atom. The summed E-state index contributed by atoms with van der Waals surface area (Å²) in [5.74, 6) is 0.0655. The molecule has 1 fully saturated rings. The summed E-state index contributed by atoms with van der Waals surface area (Å²) >= 11 is 9.42. The van der Waals surface area contributed by atoms with E-state index in [1.165, 1.54) is 18.2 Å². The first-order valence-electron chi connectivity index (χ1n) is 11.7. The summed E-state index contributed by atoms with van der Waals surface area (Å²) in [6.45, 7) is 4.75. The molecule has 0 radical (unpaired) electrons. The number of benzene rings is 3. The van der Waals surface area contributed by atoms with E-state index in [1.54, 1.807) is 24.3 Å². The minimum Gasteiger partial charge on any atom is -0.490 e. The average molecular weight is 600 g/mol. The van der Waals surface area contributed by atoms with Crippen LogP contribution in [-0.4, -0.2) is 37.7 Å². The normalized spacial score (nSPS) is 14.5. The van der Waals surface area contributed by atoms with E-state index in [1.807, 2.05) is 38.1 Å². The van der Waals surface area contributed by atoms with Gasteiger partial charge in [0.15, 0.2) is 11.5 Å². The van der Waals surface area contributed by atoms with Gasteiger partial charge in [0, 0.05) is 5.02 Å². The number of rotatable bonds is 9. The Bertz CT molecular complexity index is 1410. The molecule has 1 saturated heterocycles. The van der Waals surface area contributed by atoms with E-state index in [0.29, 0.717) is 39.8 Å². The molecule has 0 spiro atoms. The Hall–Kier alpha value is -3.82. The van der Waals surface area contributed by atoms with Gasteiger partial charge in [-0.15, -0.1) is 0 Å². The molecule has 0 bridgehead atoms. The molecule has 4 amide bonds. The van der Waals surface area contributed by atoms with Crippen LogP contribution < -0.4 is 24.4 Å². The van der Waals surface area contributed by atoms with Crippen molar-refractivity contribution in [1.82, 2.24) is 5.32 Å². The molecule has 1 heterocycles. The zero-order chi connectivity index (χ0) is 27.2. The highest BCUT2D eigenvalue weighted by Gasteiger charge is 2.36. The number of barbiturate groups is 1. The molecule has 1 aliphatic rings. The number of halogens is 2. The van der Waals surface area contributed by atoms with Gasteiger partial charge in [-0.3, -0.25) is 14.9 Å². The summed E-state index contributed by atoms with van der Waals surface area (Å²) in [6, 6.07) is 16.4. The number of nitrogens with zero attached hydrogens (tertiary/aromatic N) is 1. The van der Waals surface area contributed by atoms with Gasteiger partial charge < -0.3 is 14.2 Å². The van der Waals surface area contributed by atoms with Crippen molar-refractivity contribution in [3.63, 3.8) is 0 Å². The van der Waals surface area contributed by atoms with Crippen LogP contribution in [0.2, 0.25) is 5.02 Å². The number of anilines is 1. The van der Waals surface area contributed by atoms with E-state index in [9.17, 15) is 14.4 Å². The predicted molar refractivity (Wildman–Crippen MR) is 148 cm³/mol. The Morgan fingerprint density at radius 2 is 1.71 bits per heavy atom. The zero-order valence-electron chi connectivity index (χ0n) is 20.6. The molecule has 1 aliphatic heterocycles. The quantitative estimate of drug-likeness (QED) is 0.186. The van der Waals surface area contributed by atoms with E-state index >= 15 is 0 Å². The van der Waals surface area contributed by atoms with Crippen molar-refractivity contribution in [2.24, 2.45) is 0 Å². The first-order chi connectivity index (χ1) is 18.3. The topological polar surface area (TPSA) is 94.2 Å². The maximum atomic E-state index is 13.2. The van der Waals surface area contributed by atoms with Crippen molar-refractivity contribution < 1.29 is 28.6 Å². The molecule has 10 heteroatoms. The monoisotopic (exact) mass is 598 g/mol. The third-order valence-corrected chi connectivity index (χ3v) is 6.26. The second-order valence-corrected chi connectivity index (χ2v) is 9.50. The number of urea groups is 1. The number of hydrogen-bond donors (Lipinski definition) is 1. The number of aryl methyl sites for hydroxylation is 1. The van der Waals surface area contributed by atoms with Crippen molar-refractivity contribution in [3.05, 3.63) is 86.9 Å². The van der Waals surface area contributed by atoms with Gasteiger partial charge in [-0.1, -0.05) is 23.7 Å². The van der Waals surface area contributed by atoms with Gasteiger partial charge in [0.2, 0.25) is 0 Å². The Morgan fingerprint density at radius 3 is 2.42 bits per heavy atom. The molecule has 196 valence electrons. The fourth-order valence-corrected chi connectivity index (χ4v) is 4.43. The van der Waals surface area contributed by atoms with Crippen LogP contribution in [0.1, 0.15) is 18.1 Å². The third-order valence-electron chi connectivity index (χ3n) is 5.42. The minimum atomic E-state index is -0.840. The van der Waals surface area contributed by atoms with Crippen LogP contribution in [0.25, 0.3) is 6.08 Å². The number of carbonyl (C=O) groups is 3. The van der Waals surface area contributed by atoms with Gasteiger partial charge in [-0.05, 0) is 95.5 Å². The van der Waals surface area contributed by atoms with Gasteiger partial charge in [-0.25, -0.2) is 9.69 Å². The second kappa shape index (κ2) is 12.1. The molecule has 3 aromatic carbocycles. The van der Waals surface area contributed by atoms with Gasteiger partial charge in [-0.2, -0.15) is 0 Å². The van der Waals surface area contributed by atoms with Crippen molar-refractivity contribution in [1.29, 1.82) is 0 Å². The molecule has 0 saturated carbocycles. The van der Waals surface area contributed by atoms with Crippen molar-refractivity contribution in [3.8, 4) is 17.2 Å². The SMILES string of the molecule is CCOc1cc(C=C2C(=O)NC(=O)N(c3ccc(Cl)cc3)C2=O)cc(Br)c1OCCOc1cccc(C)c1. The lowest BCUT2D eigenvalue weighted by molar-refractivity contribution is -0.122. The van der Waals surface area contributed by atoms with Crippen LogP contribution in [-0.2, 0) is 9.59 Å². The van der Waals surface area contributed by atoms with Gasteiger partial charge >= 0.3 is 6.03 Å². The van der Waals surface area contributed by atoms with Crippen LogP contribution >= 0.6 is 27.5 Å². The number of hydrogen-bond acceptors (Lipinski definition) is 6. The lowest BCUT2D eigenvalue weighted by atomic mass is 10.1. The molecular weight excluding hydrogens is 576 g/mol. The van der Waals surface area contributed by atoms with Crippen molar-refractivity contribution >= 4 is 57.1 Å². The maximum absolute atomic E-state index is 13.2. The molecule has 38 heavy (non-hydrogen) atoms. The minimum absolute atomic E-state index is 0.214. The van der Waals surface area contributed by atoms with E-state index in [-0.39, 0.29) is 17.9 Å². The van der Waals surface area contributed by atoms with E-state index < -0.39 is 17.8 Å². The number of imide groups is 2. The summed E-state index contributed by atoms with van der Waals surface area (Å²) in [7, 11) is 0. The van der Waals surface area contributed by atoms with Crippen molar-refractivity contribution in [2.45, 2.75) is 13.8 Å². The number of amides is 4. The van der Waals surface area contributed by atoms with Crippen LogP contribution in [0.4, 0.5) is 10.5 Å². The number of carbonyl (C=O) groups excluding carboxylic acids is 3. The smallest absolute Gasteiger partial charge is 0.335 e. The first kappa shape index (κ1) is 27.2. The second-order valence-electron chi connectivity index (χ2n) is 8.21. The fraction of sp³-hybridized carbons (Fsp3) is 0.179. The molecule has 3 aromatic rings. The largest absolute Gasteiger partial charge is 0.490 e. The van der Waals surface area contributed by atoms with Crippen LogP contribution in [0.3, 0.4) is 0 Å². The molecule has 0 aromatic heterocycles. The molecule has 1 N–H and O–H groups in total. The number of ether oxygens (including phenoxy) is 3. The molecule has 0 atom stereocenters. The standard InChI is InChI=1S/C28H24BrClN2O6/c1-3-36-24-16-18(15-23(29)25(24)38-12-11-37-21-6-4-5-17(2)13-21)14-22-26(33)31-28(35)32(27(22)34)20-9-7-19(30)8-10-20/h4-10,13-16H,3,11-12H2,1-2H3,(H,31,33,35). The highest BCUT2D eigenvalue weighted by molar-refractivity contribution is 9.10. The highest BCUT2D eigenvalue weighted by Crippen LogP contribution is 2.38. The van der Waals surface area contributed by atoms with E-state index in [4.69, 9.17) is 25.8 Å². The Balaban J connectivity index is 1.55. The van der Waals surface area contributed by atoms with Gasteiger partial charge in [0.25, 0.3) is 11.8 Å². The predicted octanol–water partition coefficient (Wildman–Crippen LogP) is 5.93. The summed E-state index contributed by atoms with van der Waals surface area (Å²) in [5.41, 5.74) is 1.66. The molecule has 0 unspecified atom stereocenters. The van der Waals surface area contributed by atoms with Crippen molar-refractivity contribution in [2.75, 3.05) is 24.7 Å². The van der Waals surface area contributed by atoms with Crippen LogP contribution in [0.5, 0.6) is 17.2 Å². The molecule has 0 aliphatic carbocycles. The zero-order valence-corrected chi connectivity index (χ0v) is 23.0. The summed E-state index contributed by atoms with van der Waals surface area (Å²) in [4.78, 5) is 39.1. The third kappa shape index (κ3) is 6.35. The van der Waals surface area contributed by atoms with Crippen LogP contribution in [0.15, 0.2) is 70.7 Å². The van der Waals surface area contributed by atoms with E-state index in [0.717, 1.165) is 16.2 Å². The highest BCUT2D eigenvalue weighted by atomic mass is 79.9. The molecule has 4 rings (SSSR count). The summed E-state index contributed by atoms with van der Waals surface area (Å²) in [5, 5.41) is 2.65. The Labute approximate surface area is 233 Å². The Kier molecular flexibility index (Phi) is 8.70. The first-order valence-corrected chi connectivity index (χ1v) is 12.9.